The van der Waals surface area contributed by atoms with E-state index in [4.69, 9.17) is 14.2 Å². The summed E-state index contributed by atoms with van der Waals surface area (Å²) in [6.45, 7) is 1.24. The van der Waals surface area contributed by atoms with Crippen LogP contribution in [0.5, 0.6) is 5.75 Å². The Labute approximate surface area is 85.6 Å². The summed E-state index contributed by atoms with van der Waals surface area (Å²) < 4.78 is 40.7. The molecule has 1 saturated heterocycles. The van der Waals surface area contributed by atoms with E-state index >= 15 is 0 Å². The standard InChI is InChI=1S/C10H10F2O3/c11-8-2-1-7(5-9(8)12)15-6-10-13-3-4-14-10/h1-2,5,10H,3-4,6H2. The lowest BCUT2D eigenvalue weighted by Crippen LogP contribution is -2.18. The van der Waals surface area contributed by atoms with E-state index < -0.39 is 17.9 Å². The Bertz CT molecular complexity index is 337. The summed E-state index contributed by atoms with van der Waals surface area (Å²) in [5.41, 5.74) is 0. The van der Waals surface area contributed by atoms with Crippen molar-refractivity contribution in [2.24, 2.45) is 0 Å². The molecule has 5 heteroatoms. The molecule has 1 fully saturated rings. The molecule has 1 heterocycles. The maximum absolute atomic E-state index is 12.8. The molecule has 1 aromatic carbocycles. The van der Waals surface area contributed by atoms with E-state index in [9.17, 15) is 8.78 Å². The second kappa shape index (κ2) is 4.55. The molecule has 82 valence electrons. The third-order valence-electron chi connectivity index (χ3n) is 1.97. The fraction of sp³-hybridized carbons (Fsp3) is 0.400. The van der Waals surface area contributed by atoms with Gasteiger partial charge >= 0.3 is 0 Å². The van der Waals surface area contributed by atoms with Crippen molar-refractivity contribution in [3.63, 3.8) is 0 Å². The molecule has 0 unspecified atom stereocenters. The van der Waals surface area contributed by atoms with Gasteiger partial charge in [0.15, 0.2) is 17.9 Å². The van der Waals surface area contributed by atoms with E-state index in [1.807, 2.05) is 0 Å². The van der Waals surface area contributed by atoms with Crippen LogP contribution in [0.1, 0.15) is 0 Å². The highest BCUT2D eigenvalue weighted by Crippen LogP contribution is 2.16. The summed E-state index contributed by atoms with van der Waals surface area (Å²) in [5, 5.41) is 0. The molecule has 1 aliphatic rings. The van der Waals surface area contributed by atoms with Gasteiger partial charge in [-0.1, -0.05) is 0 Å². The summed E-state index contributed by atoms with van der Waals surface area (Å²) in [6.07, 6.45) is -0.418. The molecule has 3 nitrogen and oxygen atoms in total. The fourth-order valence-electron chi connectivity index (χ4n) is 1.23. The van der Waals surface area contributed by atoms with Gasteiger partial charge in [-0.05, 0) is 12.1 Å². The van der Waals surface area contributed by atoms with Crippen LogP contribution in [0.3, 0.4) is 0 Å². The molecule has 2 rings (SSSR count). The number of rotatable bonds is 3. The van der Waals surface area contributed by atoms with E-state index in [1.165, 1.54) is 6.07 Å². The van der Waals surface area contributed by atoms with Gasteiger partial charge in [0.1, 0.15) is 12.4 Å². The second-order valence-corrected chi connectivity index (χ2v) is 3.06. The van der Waals surface area contributed by atoms with Gasteiger partial charge in [-0.3, -0.25) is 0 Å². The Balaban J connectivity index is 1.90. The van der Waals surface area contributed by atoms with E-state index in [0.29, 0.717) is 13.2 Å². The van der Waals surface area contributed by atoms with Crippen LogP contribution in [0, 0.1) is 11.6 Å². The maximum Gasteiger partial charge on any atom is 0.191 e. The minimum absolute atomic E-state index is 0.172. The highest BCUT2D eigenvalue weighted by molar-refractivity contribution is 5.23. The number of benzene rings is 1. The van der Waals surface area contributed by atoms with Crippen LogP contribution in [-0.4, -0.2) is 26.1 Å². The predicted octanol–water partition coefficient (Wildman–Crippen LogP) is 1.72. The van der Waals surface area contributed by atoms with Crippen LogP contribution >= 0.6 is 0 Å². The highest BCUT2D eigenvalue weighted by atomic mass is 19.2. The molecule has 0 aliphatic carbocycles. The van der Waals surface area contributed by atoms with Gasteiger partial charge in [-0.25, -0.2) is 8.78 Å². The lowest BCUT2D eigenvalue weighted by molar-refractivity contribution is -0.0684. The molecule has 0 aromatic heterocycles. The SMILES string of the molecule is Fc1ccc(OCC2OCCO2)cc1F. The second-order valence-electron chi connectivity index (χ2n) is 3.06. The largest absolute Gasteiger partial charge is 0.488 e. The van der Waals surface area contributed by atoms with Gasteiger partial charge in [0.25, 0.3) is 0 Å². The fourth-order valence-corrected chi connectivity index (χ4v) is 1.23. The van der Waals surface area contributed by atoms with Crippen LogP contribution in [0.25, 0.3) is 0 Å². The van der Waals surface area contributed by atoms with Crippen molar-refractivity contribution in [2.45, 2.75) is 6.29 Å². The first kappa shape index (κ1) is 10.3. The van der Waals surface area contributed by atoms with Crippen molar-refractivity contribution < 1.29 is 23.0 Å². The molecule has 0 N–H and O–H groups in total. The summed E-state index contributed by atoms with van der Waals surface area (Å²) >= 11 is 0. The smallest absolute Gasteiger partial charge is 0.191 e. The molecule has 0 atom stereocenters. The minimum atomic E-state index is -0.930. The zero-order chi connectivity index (χ0) is 10.7. The zero-order valence-electron chi connectivity index (χ0n) is 7.91. The Kier molecular flexibility index (Phi) is 3.13. The number of ether oxygens (including phenoxy) is 3. The third-order valence-corrected chi connectivity index (χ3v) is 1.97. The molecular weight excluding hydrogens is 206 g/mol. The van der Waals surface area contributed by atoms with Crippen molar-refractivity contribution in [2.75, 3.05) is 19.8 Å². The van der Waals surface area contributed by atoms with E-state index in [-0.39, 0.29) is 12.4 Å². The molecule has 0 amide bonds. The van der Waals surface area contributed by atoms with Gasteiger partial charge in [-0.15, -0.1) is 0 Å². The zero-order valence-corrected chi connectivity index (χ0v) is 7.91. The molecule has 1 aliphatic heterocycles. The summed E-state index contributed by atoms with van der Waals surface area (Å²) in [4.78, 5) is 0. The van der Waals surface area contributed by atoms with E-state index in [2.05, 4.69) is 0 Å². The monoisotopic (exact) mass is 216 g/mol. The Morgan fingerprint density at radius 2 is 1.93 bits per heavy atom. The molecule has 0 spiro atoms. The van der Waals surface area contributed by atoms with Gasteiger partial charge < -0.3 is 14.2 Å². The van der Waals surface area contributed by atoms with Crippen molar-refractivity contribution in [3.8, 4) is 5.75 Å². The highest BCUT2D eigenvalue weighted by Gasteiger charge is 2.16. The Hall–Kier alpha value is -1.20. The van der Waals surface area contributed by atoms with E-state index in [0.717, 1.165) is 12.1 Å². The normalized spacial score (nSPS) is 16.9. The third kappa shape index (κ3) is 2.64. The van der Waals surface area contributed by atoms with Crippen LogP contribution in [-0.2, 0) is 9.47 Å². The van der Waals surface area contributed by atoms with Crippen LogP contribution in [0.4, 0.5) is 8.78 Å². The van der Waals surface area contributed by atoms with Gasteiger partial charge in [0, 0.05) is 6.07 Å². The van der Waals surface area contributed by atoms with Crippen LogP contribution in [0.15, 0.2) is 18.2 Å². The first-order valence-electron chi connectivity index (χ1n) is 4.57. The summed E-state index contributed by atoms with van der Waals surface area (Å²) in [7, 11) is 0. The average Bonchev–Trinajstić information content (AvgIpc) is 2.73. The quantitative estimate of drug-likeness (QED) is 0.769. The van der Waals surface area contributed by atoms with Crippen LogP contribution in [0.2, 0.25) is 0 Å². The predicted molar refractivity (Wildman–Crippen MR) is 47.5 cm³/mol. The van der Waals surface area contributed by atoms with Gasteiger partial charge in [0.2, 0.25) is 0 Å². The molecule has 15 heavy (non-hydrogen) atoms. The van der Waals surface area contributed by atoms with Crippen molar-refractivity contribution >= 4 is 0 Å². The Morgan fingerprint density at radius 3 is 2.60 bits per heavy atom. The minimum Gasteiger partial charge on any atom is -0.488 e. The van der Waals surface area contributed by atoms with Crippen molar-refractivity contribution in [3.05, 3.63) is 29.8 Å². The molecular formula is C10H10F2O3. The Morgan fingerprint density at radius 1 is 1.20 bits per heavy atom. The summed E-state index contributed by atoms with van der Waals surface area (Å²) in [6, 6.07) is 3.36. The topological polar surface area (TPSA) is 27.7 Å². The number of hydrogen-bond donors (Lipinski definition) is 0. The van der Waals surface area contributed by atoms with E-state index in [1.54, 1.807) is 0 Å². The lowest BCUT2D eigenvalue weighted by atomic mass is 10.3. The maximum atomic E-state index is 12.8. The van der Waals surface area contributed by atoms with Gasteiger partial charge in [-0.2, -0.15) is 0 Å². The molecule has 1 aromatic rings. The lowest BCUT2D eigenvalue weighted by Gasteiger charge is -2.10. The summed E-state index contributed by atoms with van der Waals surface area (Å²) in [5.74, 6) is -1.57. The number of halogens is 2. The first-order valence-corrected chi connectivity index (χ1v) is 4.57. The molecule has 0 bridgehead atoms. The first-order chi connectivity index (χ1) is 7.25. The van der Waals surface area contributed by atoms with Crippen molar-refractivity contribution in [1.29, 1.82) is 0 Å². The van der Waals surface area contributed by atoms with Crippen molar-refractivity contribution in [1.82, 2.24) is 0 Å². The van der Waals surface area contributed by atoms with Gasteiger partial charge in [0.05, 0.1) is 13.2 Å². The number of hydrogen-bond acceptors (Lipinski definition) is 3. The average molecular weight is 216 g/mol. The molecule has 0 saturated carbocycles. The van der Waals surface area contributed by atoms with Crippen LogP contribution < -0.4 is 4.74 Å². The molecule has 0 radical (unpaired) electrons.